The van der Waals surface area contributed by atoms with Gasteiger partial charge in [0.2, 0.25) is 11.8 Å². The summed E-state index contributed by atoms with van der Waals surface area (Å²) < 4.78 is 29.3. The van der Waals surface area contributed by atoms with Crippen molar-refractivity contribution in [3.05, 3.63) is 93.5 Å². The molecule has 4 rings (SSSR count). The Hall–Kier alpha value is -3.07. The summed E-state index contributed by atoms with van der Waals surface area (Å²) in [4.78, 5) is 29.5. The number of aryl methyl sites for hydroxylation is 2. The monoisotopic (exact) mass is 643 g/mol. The first-order chi connectivity index (χ1) is 20.5. The molecule has 0 bridgehead atoms. The normalized spacial score (nSPS) is 14.6. The lowest BCUT2D eigenvalue weighted by Gasteiger charge is -2.34. The van der Waals surface area contributed by atoms with Crippen molar-refractivity contribution in [2.24, 2.45) is 0 Å². The third kappa shape index (κ3) is 8.31. The molecule has 0 radical (unpaired) electrons. The Morgan fingerprint density at radius 2 is 1.53 bits per heavy atom. The summed E-state index contributed by atoms with van der Waals surface area (Å²) in [5.41, 5.74) is 2.62. The summed E-state index contributed by atoms with van der Waals surface area (Å²) in [7, 11) is -4.16. The topological polar surface area (TPSA) is 86.8 Å². The molecule has 43 heavy (non-hydrogen) atoms. The summed E-state index contributed by atoms with van der Waals surface area (Å²) in [5, 5.41) is 4.17. The first kappa shape index (κ1) is 32.8. The molecule has 1 aliphatic carbocycles. The second-order valence-electron chi connectivity index (χ2n) is 11.2. The Morgan fingerprint density at radius 3 is 2.14 bits per heavy atom. The number of amides is 2. The van der Waals surface area contributed by atoms with Gasteiger partial charge in [-0.3, -0.25) is 13.9 Å². The highest BCUT2D eigenvalue weighted by Crippen LogP contribution is 2.30. The van der Waals surface area contributed by atoms with Crippen molar-refractivity contribution in [2.75, 3.05) is 10.8 Å². The maximum atomic E-state index is 14.3. The molecule has 3 aromatic carbocycles. The highest BCUT2D eigenvalue weighted by molar-refractivity contribution is 7.92. The van der Waals surface area contributed by atoms with E-state index in [1.165, 1.54) is 17.0 Å². The van der Waals surface area contributed by atoms with E-state index in [0.717, 1.165) is 47.5 Å². The molecule has 10 heteroatoms. The lowest BCUT2D eigenvalue weighted by Crippen LogP contribution is -2.54. The molecule has 2 amide bonds. The summed E-state index contributed by atoms with van der Waals surface area (Å²) >= 11 is 12.3. The van der Waals surface area contributed by atoms with Crippen molar-refractivity contribution in [3.8, 4) is 0 Å². The van der Waals surface area contributed by atoms with Crippen molar-refractivity contribution in [1.29, 1.82) is 0 Å². The van der Waals surface area contributed by atoms with Crippen LogP contribution >= 0.6 is 23.2 Å². The zero-order valence-electron chi connectivity index (χ0n) is 24.9. The molecule has 0 heterocycles. The minimum atomic E-state index is -4.16. The zero-order chi connectivity index (χ0) is 31.1. The van der Waals surface area contributed by atoms with Crippen molar-refractivity contribution in [3.63, 3.8) is 0 Å². The number of carbonyl (C=O) groups excluding carboxylic acids is 2. The van der Waals surface area contributed by atoms with Crippen molar-refractivity contribution in [2.45, 2.75) is 82.8 Å². The zero-order valence-corrected chi connectivity index (χ0v) is 27.2. The standard InChI is InChI=1S/C33H39Cl2N3O4S/c1-4-30(33(40)36-28-8-6-5-7-9-28)37(21-25-12-14-26(34)15-13-25)32(39)22-38(31-19-16-27(35)20-24(31)3)43(41,42)29-17-10-23(2)11-18-29/h10-20,28,30H,4-9,21-22H2,1-3H3,(H,36,40)/t30-/m0/s1. The van der Waals surface area contributed by atoms with Crippen molar-refractivity contribution in [1.82, 2.24) is 10.2 Å². The van der Waals surface area contributed by atoms with Gasteiger partial charge in [0.05, 0.1) is 10.6 Å². The van der Waals surface area contributed by atoms with E-state index < -0.39 is 28.5 Å². The Labute approximate surface area is 265 Å². The molecule has 0 aromatic heterocycles. The molecule has 0 aliphatic heterocycles. The van der Waals surface area contributed by atoms with Gasteiger partial charge in [-0.2, -0.15) is 0 Å². The second kappa shape index (κ2) is 14.6. The summed E-state index contributed by atoms with van der Waals surface area (Å²) in [6.45, 7) is 5.10. The number of hydrogen-bond donors (Lipinski definition) is 1. The fraction of sp³-hybridized carbons (Fsp3) is 0.394. The molecule has 3 aromatic rings. The van der Waals surface area contributed by atoms with Crippen LogP contribution in [0.15, 0.2) is 71.6 Å². The van der Waals surface area contributed by atoms with E-state index >= 15 is 0 Å². The summed E-state index contributed by atoms with van der Waals surface area (Å²) in [6.07, 6.45) is 5.45. The molecule has 0 spiro atoms. The third-order valence-corrected chi connectivity index (χ3v) is 10.2. The number of nitrogens with zero attached hydrogens (tertiary/aromatic N) is 2. The second-order valence-corrected chi connectivity index (χ2v) is 13.9. The van der Waals surface area contributed by atoms with Gasteiger partial charge >= 0.3 is 0 Å². The Balaban J connectivity index is 1.72. The maximum Gasteiger partial charge on any atom is 0.264 e. The number of benzene rings is 3. The van der Waals surface area contributed by atoms with Crippen LogP contribution in [0.3, 0.4) is 0 Å². The van der Waals surface area contributed by atoms with Gasteiger partial charge in [-0.25, -0.2) is 8.42 Å². The smallest absolute Gasteiger partial charge is 0.264 e. The molecule has 0 saturated heterocycles. The SMILES string of the molecule is CC[C@@H](C(=O)NC1CCCCC1)N(Cc1ccc(Cl)cc1)C(=O)CN(c1ccc(Cl)cc1C)S(=O)(=O)c1ccc(C)cc1. The van der Waals surface area contributed by atoms with Gasteiger partial charge in [-0.1, -0.05) is 79.2 Å². The molecule has 7 nitrogen and oxygen atoms in total. The van der Waals surface area contributed by atoms with E-state index in [-0.39, 0.29) is 23.4 Å². The van der Waals surface area contributed by atoms with E-state index in [4.69, 9.17) is 23.2 Å². The number of rotatable bonds is 11. The maximum absolute atomic E-state index is 14.3. The highest BCUT2D eigenvalue weighted by atomic mass is 35.5. The predicted octanol–water partition coefficient (Wildman–Crippen LogP) is 7.06. The fourth-order valence-corrected chi connectivity index (χ4v) is 7.33. The van der Waals surface area contributed by atoms with Crippen LogP contribution in [-0.2, 0) is 26.2 Å². The summed E-state index contributed by atoms with van der Waals surface area (Å²) in [6, 6.07) is 17.7. The van der Waals surface area contributed by atoms with Crippen LogP contribution in [-0.4, -0.2) is 43.8 Å². The van der Waals surface area contributed by atoms with Crippen LogP contribution in [0.2, 0.25) is 10.0 Å². The lowest BCUT2D eigenvalue weighted by atomic mass is 9.95. The molecular formula is C33H39Cl2N3O4S. The number of anilines is 1. The average molecular weight is 645 g/mol. The summed E-state index contributed by atoms with van der Waals surface area (Å²) in [5.74, 6) is -0.724. The minimum Gasteiger partial charge on any atom is -0.352 e. The van der Waals surface area contributed by atoms with Crippen LogP contribution in [0.4, 0.5) is 5.69 Å². The van der Waals surface area contributed by atoms with Crippen LogP contribution in [0.25, 0.3) is 0 Å². The van der Waals surface area contributed by atoms with E-state index in [9.17, 15) is 18.0 Å². The Bertz CT molecular complexity index is 1520. The number of nitrogens with one attached hydrogen (secondary N) is 1. The van der Waals surface area contributed by atoms with Crippen molar-refractivity contribution < 1.29 is 18.0 Å². The van der Waals surface area contributed by atoms with Crippen molar-refractivity contribution >= 4 is 50.7 Å². The minimum absolute atomic E-state index is 0.0617. The van der Waals surface area contributed by atoms with Gasteiger partial charge in [0.1, 0.15) is 12.6 Å². The van der Waals surface area contributed by atoms with Crippen LogP contribution in [0, 0.1) is 13.8 Å². The van der Waals surface area contributed by atoms with E-state index in [1.807, 2.05) is 13.8 Å². The van der Waals surface area contributed by atoms with Crippen LogP contribution in [0.1, 0.15) is 62.1 Å². The largest absolute Gasteiger partial charge is 0.352 e. The number of hydrogen-bond acceptors (Lipinski definition) is 4. The number of sulfonamides is 1. The van der Waals surface area contributed by atoms with Gasteiger partial charge in [0.25, 0.3) is 10.0 Å². The average Bonchev–Trinajstić information content (AvgIpc) is 2.98. The van der Waals surface area contributed by atoms with Gasteiger partial charge in [-0.15, -0.1) is 0 Å². The molecule has 1 aliphatic rings. The fourth-order valence-electron chi connectivity index (χ4n) is 5.50. The molecule has 230 valence electrons. The van der Waals surface area contributed by atoms with Gasteiger partial charge < -0.3 is 10.2 Å². The Kier molecular flexibility index (Phi) is 11.2. The van der Waals surface area contributed by atoms with E-state index in [1.54, 1.807) is 61.5 Å². The molecule has 1 saturated carbocycles. The molecular weight excluding hydrogens is 605 g/mol. The van der Waals surface area contributed by atoms with E-state index in [0.29, 0.717) is 27.7 Å². The van der Waals surface area contributed by atoms with Gasteiger partial charge in [0.15, 0.2) is 0 Å². The quantitative estimate of drug-likeness (QED) is 0.242. The molecule has 0 unspecified atom stereocenters. The first-order valence-corrected chi connectivity index (χ1v) is 16.9. The van der Waals surface area contributed by atoms with Crippen LogP contribution in [0.5, 0.6) is 0 Å². The van der Waals surface area contributed by atoms with Gasteiger partial charge in [-0.05, 0) is 86.7 Å². The first-order valence-electron chi connectivity index (χ1n) is 14.7. The van der Waals surface area contributed by atoms with Gasteiger partial charge in [0, 0.05) is 22.6 Å². The van der Waals surface area contributed by atoms with E-state index in [2.05, 4.69) is 5.32 Å². The molecule has 1 N–H and O–H groups in total. The molecule has 1 atom stereocenters. The number of halogens is 2. The highest BCUT2D eigenvalue weighted by Gasteiger charge is 2.35. The third-order valence-electron chi connectivity index (χ3n) is 7.92. The number of carbonyl (C=O) groups is 2. The lowest BCUT2D eigenvalue weighted by molar-refractivity contribution is -0.140. The molecule has 1 fully saturated rings. The Morgan fingerprint density at radius 1 is 0.907 bits per heavy atom. The predicted molar refractivity (Wildman–Crippen MR) is 173 cm³/mol. The van der Waals surface area contributed by atoms with Crippen LogP contribution < -0.4 is 9.62 Å².